The van der Waals surface area contributed by atoms with Crippen LogP contribution in [0.5, 0.6) is 0 Å². The van der Waals surface area contributed by atoms with Crippen LogP contribution in [0.2, 0.25) is 0 Å². The van der Waals surface area contributed by atoms with Crippen LogP contribution in [0.3, 0.4) is 0 Å². The average Bonchev–Trinajstić information content (AvgIpc) is 2.63. The van der Waals surface area contributed by atoms with Gasteiger partial charge in [-0.15, -0.1) is 0 Å². The summed E-state index contributed by atoms with van der Waals surface area (Å²) in [5.41, 5.74) is 2.61. The van der Waals surface area contributed by atoms with Crippen molar-refractivity contribution in [2.45, 2.75) is 13.1 Å². The number of nitrogens with one attached hydrogen (secondary N) is 2. The zero-order chi connectivity index (χ0) is 17.6. The van der Waals surface area contributed by atoms with Crippen molar-refractivity contribution >= 4 is 21.8 Å². The molecule has 1 fully saturated rings. The van der Waals surface area contributed by atoms with Crippen molar-refractivity contribution in [3.63, 3.8) is 0 Å². The Morgan fingerprint density at radius 1 is 1.16 bits per heavy atom. The van der Waals surface area contributed by atoms with Gasteiger partial charge in [-0.1, -0.05) is 24.3 Å². The zero-order valence-corrected chi connectivity index (χ0v) is 15.4. The van der Waals surface area contributed by atoms with Gasteiger partial charge in [0, 0.05) is 16.6 Å². The summed E-state index contributed by atoms with van der Waals surface area (Å²) in [5, 5.41) is 2.89. The predicted octanol–water partition coefficient (Wildman–Crippen LogP) is 1.93. The van der Waals surface area contributed by atoms with Gasteiger partial charge in [0.15, 0.2) is 0 Å². The summed E-state index contributed by atoms with van der Waals surface area (Å²) in [7, 11) is 0. The third-order valence-electron chi connectivity index (χ3n) is 4.37. The SMILES string of the molecule is O=C(NCc1ccccc1C[NH+]1CCOCC1)c1cc(F)ccc1Br. The molecule has 0 bridgehead atoms. The van der Waals surface area contributed by atoms with Crippen LogP contribution in [0.1, 0.15) is 21.5 Å². The minimum atomic E-state index is -0.426. The molecule has 1 heterocycles. The Bertz CT molecular complexity index is 748. The fraction of sp³-hybridized carbons (Fsp3) is 0.316. The summed E-state index contributed by atoms with van der Waals surface area (Å²) in [6.45, 7) is 4.92. The Hall–Kier alpha value is -1.76. The molecule has 0 aromatic heterocycles. The first-order chi connectivity index (χ1) is 12.1. The Morgan fingerprint density at radius 2 is 1.88 bits per heavy atom. The summed E-state index contributed by atoms with van der Waals surface area (Å²) in [5.74, 6) is -0.718. The zero-order valence-electron chi connectivity index (χ0n) is 13.9. The minimum absolute atomic E-state index is 0.292. The minimum Gasteiger partial charge on any atom is -0.370 e. The molecule has 2 aromatic rings. The highest BCUT2D eigenvalue weighted by Crippen LogP contribution is 2.18. The van der Waals surface area contributed by atoms with Gasteiger partial charge in [0.1, 0.15) is 25.5 Å². The lowest BCUT2D eigenvalue weighted by atomic mass is 10.1. The second-order valence-electron chi connectivity index (χ2n) is 6.11. The maximum Gasteiger partial charge on any atom is 0.252 e. The van der Waals surface area contributed by atoms with Crippen molar-refractivity contribution < 1.29 is 18.8 Å². The largest absolute Gasteiger partial charge is 0.370 e. The second kappa shape index (κ2) is 8.56. The van der Waals surface area contributed by atoms with Crippen molar-refractivity contribution in [2.24, 2.45) is 0 Å². The highest BCUT2D eigenvalue weighted by molar-refractivity contribution is 9.10. The highest BCUT2D eigenvalue weighted by atomic mass is 79.9. The maximum atomic E-state index is 13.4. The molecule has 0 saturated carbocycles. The molecular weight excluding hydrogens is 387 g/mol. The number of ether oxygens (including phenoxy) is 1. The summed E-state index contributed by atoms with van der Waals surface area (Å²) in [4.78, 5) is 13.8. The average molecular weight is 408 g/mol. The third kappa shape index (κ3) is 4.87. The first-order valence-electron chi connectivity index (χ1n) is 8.35. The van der Waals surface area contributed by atoms with E-state index in [0.717, 1.165) is 38.4 Å². The molecule has 2 aromatic carbocycles. The summed E-state index contributed by atoms with van der Waals surface area (Å²) in [6.07, 6.45) is 0. The molecule has 1 aliphatic rings. The van der Waals surface area contributed by atoms with Gasteiger partial charge < -0.3 is 15.0 Å². The fourth-order valence-corrected chi connectivity index (χ4v) is 3.38. The van der Waals surface area contributed by atoms with Crippen LogP contribution in [0.15, 0.2) is 46.9 Å². The molecule has 0 atom stereocenters. The molecule has 1 aliphatic heterocycles. The molecule has 0 aliphatic carbocycles. The third-order valence-corrected chi connectivity index (χ3v) is 5.06. The molecule has 1 amide bonds. The van der Waals surface area contributed by atoms with E-state index in [4.69, 9.17) is 4.74 Å². The maximum absolute atomic E-state index is 13.4. The first-order valence-corrected chi connectivity index (χ1v) is 9.14. The lowest BCUT2D eigenvalue weighted by Crippen LogP contribution is -3.12. The standard InChI is InChI=1S/C19H20BrFN2O2/c20-18-6-5-16(21)11-17(18)19(24)22-12-14-3-1-2-4-15(14)13-23-7-9-25-10-8-23/h1-6,11H,7-10,12-13H2,(H,22,24)/p+1. The number of hydrogen-bond donors (Lipinski definition) is 2. The van der Waals surface area contributed by atoms with E-state index in [2.05, 4.69) is 27.3 Å². The monoisotopic (exact) mass is 407 g/mol. The summed E-state index contributed by atoms with van der Waals surface area (Å²) >= 11 is 3.29. The Labute approximate surface area is 155 Å². The molecule has 2 N–H and O–H groups in total. The molecule has 0 spiro atoms. The molecule has 6 heteroatoms. The van der Waals surface area contributed by atoms with Gasteiger partial charge >= 0.3 is 0 Å². The molecule has 132 valence electrons. The summed E-state index contributed by atoms with van der Waals surface area (Å²) < 4.78 is 19.4. The van der Waals surface area contributed by atoms with Crippen LogP contribution in [0.4, 0.5) is 4.39 Å². The number of morpholine rings is 1. The van der Waals surface area contributed by atoms with Crippen LogP contribution in [0, 0.1) is 5.82 Å². The number of benzene rings is 2. The molecular formula is C19H21BrFN2O2+. The van der Waals surface area contributed by atoms with Gasteiger partial charge in [0.05, 0.1) is 18.8 Å². The molecule has 3 rings (SSSR count). The summed E-state index contributed by atoms with van der Waals surface area (Å²) in [6, 6.07) is 12.2. The molecule has 0 radical (unpaired) electrons. The van der Waals surface area contributed by atoms with Gasteiger partial charge in [-0.2, -0.15) is 0 Å². The number of amides is 1. The lowest BCUT2D eigenvalue weighted by Gasteiger charge is -2.24. The van der Waals surface area contributed by atoms with Crippen LogP contribution in [-0.4, -0.2) is 32.2 Å². The van der Waals surface area contributed by atoms with Crippen molar-refractivity contribution in [3.05, 3.63) is 69.4 Å². The van der Waals surface area contributed by atoms with Crippen LogP contribution in [0.25, 0.3) is 0 Å². The molecule has 25 heavy (non-hydrogen) atoms. The fourth-order valence-electron chi connectivity index (χ4n) is 2.95. The number of rotatable bonds is 5. The Balaban J connectivity index is 1.66. The van der Waals surface area contributed by atoms with E-state index in [1.165, 1.54) is 22.6 Å². The number of hydrogen-bond acceptors (Lipinski definition) is 2. The number of carbonyl (C=O) groups is 1. The normalized spacial score (nSPS) is 15.1. The van der Waals surface area contributed by atoms with Gasteiger partial charge in [-0.25, -0.2) is 4.39 Å². The number of halogens is 2. The molecule has 0 unspecified atom stereocenters. The smallest absolute Gasteiger partial charge is 0.252 e. The first kappa shape index (κ1) is 18.0. The van der Waals surface area contributed by atoms with E-state index < -0.39 is 5.82 Å². The van der Waals surface area contributed by atoms with Crippen LogP contribution in [-0.2, 0) is 17.8 Å². The number of quaternary nitrogens is 1. The van der Waals surface area contributed by atoms with Gasteiger partial charge in [0.25, 0.3) is 5.91 Å². The van der Waals surface area contributed by atoms with Gasteiger partial charge in [0.2, 0.25) is 0 Å². The van der Waals surface area contributed by atoms with E-state index in [1.807, 2.05) is 18.2 Å². The molecule has 4 nitrogen and oxygen atoms in total. The van der Waals surface area contributed by atoms with Gasteiger partial charge in [-0.3, -0.25) is 4.79 Å². The van der Waals surface area contributed by atoms with Crippen LogP contribution < -0.4 is 10.2 Å². The van der Waals surface area contributed by atoms with E-state index in [0.29, 0.717) is 16.6 Å². The van der Waals surface area contributed by atoms with Crippen molar-refractivity contribution in [1.82, 2.24) is 5.32 Å². The Kier molecular flexibility index (Phi) is 6.18. The van der Waals surface area contributed by atoms with E-state index in [-0.39, 0.29) is 5.91 Å². The van der Waals surface area contributed by atoms with Crippen molar-refractivity contribution in [1.29, 1.82) is 0 Å². The number of carbonyl (C=O) groups excluding carboxylic acids is 1. The van der Waals surface area contributed by atoms with Crippen LogP contribution >= 0.6 is 15.9 Å². The Morgan fingerprint density at radius 3 is 2.64 bits per heavy atom. The lowest BCUT2D eigenvalue weighted by molar-refractivity contribution is -0.921. The topological polar surface area (TPSA) is 42.8 Å². The van der Waals surface area contributed by atoms with Gasteiger partial charge in [-0.05, 0) is 39.7 Å². The quantitative estimate of drug-likeness (QED) is 0.794. The van der Waals surface area contributed by atoms with E-state index in [1.54, 1.807) is 6.07 Å². The predicted molar refractivity (Wildman–Crippen MR) is 96.9 cm³/mol. The van der Waals surface area contributed by atoms with E-state index in [9.17, 15) is 9.18 Å². The highest BCUT2D eigenvalue weighted by Gasteiger charge is 2.17. The van der Waals surface area contributed by atoms with Crippen molar-refractivity contribution in [2.75, 3.05) is 26.3 Å². The van der Waals surface area contributed by atoms with Crippen molar-refractivity contribution in [3.8, 4) is 0 Å². The second-order valence-corrected chi connectivity index (χ2v) is 6.97. The molecule has 1 saturated heterocycles. The van der Waals surface area contributed by atoms with E-state index >= 15 is 0 Å².